The first-order valence-electron chi connectivity index (χ1n) is 7.65. The second kappa shape index (κ2) is 7.47. The van der Waals surface area contributed by atoms with E-state index in [4.69, 9.17) is 5.11 Å². The SMILES string of the molecule is CC(CCc1ccc(C(C)C)cc1C(C)C)CC(=O)O. The van der Waals surface area contributed by atoms with Crippen LogP contribution in [-0.2, 0) is 11.2 Å². The Morgan fingerprint density at radius 2 is 1.75 bits per heavy atom. The highest BCUT2D eigenvalue weighted by Gasteiger charge is 2.12. The van der Waals surface area contributed by atoms with Crippen molar-refractivity contribution in [2.45, 2.75) is 65.7 Å². The van der Waals surface area contributed by atoms with E-state index < -0.39 is 5.97 Å². The van der Waals surface area contributed by atoms with E-state index >= 15 is 0 Å². The molecule has 1 atom stereocenters. The average molecular weight is 276 g/mol. The molecule has 0 aliphatic carbocycles. The number of carbonyl (C=O) groups is 1. The molecule has 0 aromatic heterocycles. The van der Waals surface area contributed by atoms with Crippen LogP contribution in [0.2, 0.25) is 0 Å². The van der Waals surface area contributed by atoms with Crippen LogP contribution in [0.5, 0.6) is 0 Å². The summed E-state index contributed by atoms with van der Waals surface area (Å²) in [5.74, 6) is 0.597. The van der Waals surface area contributed by atoms with Crippen molar-refractivity contribution in [3.05, 3.63) is 34.9 Å². The third-order valence-electron chi connectivity index (χ3n) is 3.89. The molecule has 0 amide bonds. The lowest BCUT2D eigenvalue weighted by molar-refractivity contribution is -0.138. The third kappa shape index (κ3) is 4.99. The molecule has 0 bridgehead atoms. The van der Waals surface area contributed by atoms with Gasteiger partial charge >= 0.3 is 5.97 Å². The van der Waals surface area contributed by atoms with Crippen LogP contribution in [0.4, 0.5) is 0 Å². The van der Waals surface area contributed by atoms with Crippen molar-refractivity contribution in [3.63, 3.8) is 0 Å². The molecule has 0 radical (unpaired) electrons. The molecule has 0 saturated carbocycles. The van der Waals surface area contributed by atoms with Crippen LogP contribution in [0.25, 0.3) is 0 Å². The minimum absolute atomic E-state index is 0.234. The zero-order chi connectivity index (χ0) is 15.3. The van der Waals surface area contributed by atoms with Crippen LogP contribution in [0.15, 0.2) is 18.2 Å². The van der Waals surface area contributed by atoms with E-state index in [1.54, 1.807) is 0 Å². The lowest BCUT2D eigenvalue weighted by atomic mass is 9.88. The second-order valence-corrected chi connectivity index (χ2v) is 6.51. The summed E-state index contributed by atoms with van der Waals surface area (Å²) in [6, 6.07) is 6.78. The molecule has 112 valence electrons. The molecular weight excluding hydrogens is 248 g/mol. The largest absolute Gasteiger partial charge is 0.481 e. The Morgan fingerprint density at radius 3 is 2.25 bits per heavy atom. The molecule has 1 unspecified atom stereocenters. The van der Waals surface area contributed by atoms with Crippen molar-refractivity contribution in [3.8, 4) is 0 Å². The standard InChI is InChI=1S/C18H28O2/c1-12(2)16-9-8-15(17(11-16)13(3)4)7-6-14(5)10-18(19)20/h8-9,11-14H,6-7,10H2,1-5H3,(H,19,20). The van der Waals surface area contributed by atoms with E-state index in [1.807, 2.05) is 6.92 Å². The predicted octanol–water partition coefficient (Wildman–Crippen LogP) is 4.98. The van der Waals surface area contributed by atoms with E-state index in [0.717, 1.165) is 12.8 Å². The van der Waals surface area contributed by atoms with Gasteiger partial charge in [-0.2, -0.15) is 0 Å². The number of aryl methyl sites for hydroxylation is 1. The zero-order valence-electron chi connectivity index (χ0n) is 13.4. The van der Waals surface area contributed by atoms with Gasteiger partial charge in [-0.05, 0) is 47.3 Å². The summed E-state index contributed by atoms with van der Waals surface area (Å²) in [6.45, 7) is 10.9. The fourth-order valence-electron chi connectivity index (χ4n) is 2.54. The number of benzene rings is 1. The maximum atomic E-state index is 10.7. The molecule has 1 rings (SSSR count). The van der Waals surface area contributed by atoms with Gasteiger partial charge in [-0.1, -0.05) is 52.8 Å². The summed E-state index contributed by atoms with van der Waals surface area (Å²) in [5.41, 5.74) is 4.18. The molecule has 20 heavy (non-hydrogen) atoms. The predicted molar refractivity (Wildman–Crippen MR) is 84.4 cm³/mol. The van der Waals surface area contributed by atoms with Gasteiger partial charge < -0.3 is 5.11 Å². The summed E-state index contributed by atoms with van der Waals surface area (Å²) in [4.78, 5) is 10.7. The Balaban J connectivity index is 2.81. The Morgan fingerprint density at radius 1 is 1.10 bits per heavy atom. The zero-order valence-corrected chi connectivity index (χ0v) is 13.4. The fraction of sp³-hybridized carbons (Fsp3) is 0.611. The average Bonchev–Trinajstić information content (AvgIpc) is 2.35. The van der Waals surface area contributed by atoms with Crippen LogP contribution in [0.1, 0.15) is 76.0 Å². The lowest BCUT2D eigenvalue weighted by Crippen LogP contribution is -2.07. The van der Waals surface area contributed by atoms with Gasteiger partial charge in [0.05, 0.1) is 0 Å². The van der Waals surface area contributed by atoms with Crippen molar-refractivity contribution in [2.75, 3.05) is 0 Å². The van der Waals surface area contributed by atoms with E-state index in [-0.39, 0.29) is 12.3 Å². The molecule has 0 spiro atoms. The molecular formula is C18H28O2. The smallest absolute Gasteiger partial charge is 0.303 e. The Hall–Kier alpha value is -1.31. The van der Waals surface area contributed by atoms with Crippen LogP contribution in [0, 0.1) is 5.92 Å². The highest BCUT2D eigenvalue weighted by molar-refractivity contribution is 5.66. The summed E-state index contributed by atoms with van der Waals surface area (Å²) in [5, 5.41) is 8.82. The Labute approximate surface area is 123 Å². The first kappa shape index (κ1) is 16.7. The Kier molecular flexibility index (Phi) is 6.25. The van der Waals surface area contributed by atoms with Gasteiger partial charge in [-0.3, -0.25) is 4.79 Å². The summed E-state index contributed by atoms with van der Waals surface area (Å²) >= 11 is 0. The van der Waals surface area contributed by atoms with Crippen LogP contribution in [0.3, 0.4) is 0 Å². The number of hydrogen-bond donors (Lipinski definition) is 1. The molecule has 0 aliphatic heterocycles. The van der Waals surface area contributed by atoms with Gasteiger partial charge in [-0.15, -0.1) is 0 Å². The first-order chi connectivity index (χ1) is 9.31. The molecule has 0 saturated heterocycles. The molecule has 1 aromatic rings. The van der Waals surface area contributed by atoms with Gasteiger partial charge in [0, 0.05) is 6.42 Å². The molecule has 2 heteroatoms. The Bertz CT molecular complexity index is 447. The quantitative estimate of drug-likeness (QED) is 0.762. The molecule has 0 heterocycles. The molecule has 0 aliphatic rings. The maximum Gasteiger partial charge on any atom is 0.303 e. The van der Waals surface area contributed by atoms with Crippen molar-refractivity contribution in [1.82, 2.24) is 0 Å². The number of aliphatic carboxylic acids is 1. The van der Waals surface area contributed by atoms with Gasteiger partial charge in [0.25, 0.3) is 0 Å². The van der Waals surface area contributed by atoms with Crippen LogP contribution >= 0.6 is 0 Å². The molecule has 1 aromatic carbocycles. The topological polar surface area (TPSA) is 37.3 Å². The summed E-state index contributed by atoms with van der Waals surface area (Å²) in [6.07, 6.45) is 2.18. The monoisotopic (exact) mass is 276 g/mol. The van der Waals surface area contributed by atoms with E-state index in [1.165, 1.54) is 16.7 Å². The highest BCUT2D eigenvalue weighted by Crippen LogP contribution is 2.26. The number of carboxylic acids is 1. The number of carboxylic acid groups (broad SMARTS) is 1. The van der Waals surface area contributed by atoms with E-state index in [0.29, 0.717) is 11.8 Å². The third-order valence-corrected chi connectivity index (χ3v) is 3.89. The van der Waals surface area contributed by atoms with Crippen molar-refractivity contribution in [1.29, 1.82) is 0 Å². The molecule has 0 fully saturated rings. The number of rotatable bonds is 7. The van der Waals surface area contributed by atoms with Gasteiger partial charge in [0.2, 0.25) is 0 Å². The van der Waals surface area contributed by atoms with Gasteiger partial charge in [0.15, 0.2) is 0 Å². The van der Waals surface area contributed by atoms with Gasteiger partial charge in [0.1, 0.15) is 0 Å². The maximum absolute atomic E-state index is 10.7. The van der Waals surface area contributed by atoms with Gasteiger partial charge in [-0.25, -0.2) is 0 Å². The van der Waals surface area contributed by atoms with Crippen molar-refractivity contribution < 1.29 is 9.90 Å². The summed E-state index contributed by atoms with van der Waals surface area (Å²) < 4.78 is 0. The molecule has 2 nitrogen and oxygen atoms in total. The van der Waals surface area contributed by atoms with Crippen molar-refractivity contribution in [2.24, 2.45) is 5.92 Å². The van der Waals surface area contributed by atoms with Crippen LogP contribution in [-0.4, -0.2) is 11.1 Å². The van der Waals surface area contributed by atoms with E-state index in [9.17, 15) is 4.79 Å². The normalized spacial score (nSPS) is 12.9. The fourth-order valence-corrected chi connectivity index (χ4v) is 2.54. The minimum atomic E-state index is -0.697. The summed E-state index contributed by atoms with van der Waals surface area (Å²) in [7, 11) is 0. The van der Waals surface area contributed by atoms with Crippen molar-refractivity contribution >= 4 is 5.97 Å². The minimum Gasteiger partial charge on any atom is -0.481 e. The van der Waals surface area contributed by atoms with E-state index in [2.05, 4.69) is 45.9 Å². The number of hydrogen-bond acceptors (Lipinski definition) is 1. The second-order valence-electron chi connectivity index (χ2n) is 6.51. The first-order valence-corrected chi connectivity index (χ1v) is 7.65. The lowest BCUT2D eigenvalue weighted by Gasteiger charge is -2.17. The molecule has 1 N–H and O–H groups in total. The highest BCUT2D eigenvalue weighted by atomic mass is 16.4. The van der Waals surface area contributed by atoms with Crippen LogP contribution < -0.4 is 0 Å².